The van der Waals surface area contributed by atoms with Gasteiger partial charge in [0.1, 0.15) is 5.75 Å². The standard InChI is InChI=1S/C20H31N3O3S/c1-16-8-10-17(11-9-16)22-27(25,26)15-20(24)21-18-6-5-7-19(14-18)23-12-3-2-4-13-23/h5-7,14,16-17,22H,2-4,8-13,15H2,1H3,(H,21,24). The first-order valence-corrected chi connectivity index (χ1v) is 11.7. The molecule has 1 aliphatic heterocycles. The fraction of sp³-hybridized carbons (Fsp3) is 0.650. The Morgan fingerprint density at radius 3 is 2.52 bits per heavy atom. The van der Waals surface area contributed by atoms with E-state index in [-0.39, 0.29) is 6.04 Å². The molecule has 1 aromatic carbocycles. The third kappa shape index (κ3) is 6.21. The minimum absolute atomic E-state index is 0.0403. The van der Waals surface area contributed by atoms with Crippen molar-refractivity contribution in [3.8, 4) is 0 Å². The lowest BCUT2D eigenvalue weighted by Crippen LogP contribution is -2.41. The first kappa shape index (κ1) is 20.1. The highest BCUT2D eigenvalue weighted by atomic mass is 32.2. The molecule has 2 fully saturated rings. The van der Waals surface area contributed by atoms with Gasteiger partial charge < -0.3 is 10.2 Å². The van der Waals surface area contributed by atoms with Crippen LogP contribution in [0.1, 0.15) is 51.9 Å². The van der Waals surface area contributed by atoms with E-state index < -0.39 is 21.7 Å². The Bertz CT molecular complexity index is 737. The molecule has 6 nitrogen and oxygen atoms in total. The third-order valence-corrected chi connectivity index (χ3v) is 6.87. The number of piperidine rings is 1. The van der Waals surface area contributed by atoms with E-state index in [2.05, 4.69) is 21.9 Å². The Hall–Kier alpha value is -1.60. The van der Waals surface area contributed by atoms with Crippen LogP contribution in [0.25, 0.3) is 0 Å². The number of nitrogens with one attached hydrogen (secondary N) is 2. The molecule has 0 aromatic heterocycles. The van der Waals surface area contributed by atoms with Gasteiger partial charge in [0.2, 0.25) is 15.9 Å². The number of rotatable bonds is 6. The molecule has 150 valence electrons. The molecule has 1 saturated carbocycles. The average molecular weight is 394 g/mol. The summed E-state index contributed by atoms with van der Waals surface area (Å²) in [7, 11) is -3.62. The first-order valence-electron chi connectivity index (χ1n) is 10.1. The molecule has 0 unspecified atom stereocenters. The van der Waals surface area contributed by atoms with Crippen molar-refractivity contribution in [2.75, 3.05) is 29.1 Å². The topological polar surface area (TPSA) is 78.5 Å². The number of amides is 1. The Morgan fingerprint density at radius 2 is 1.81 bits per heavy atom. The lowest BCUT2D eigenvalue weighted by atomic mass is 9.88. The lowest BCUT2D eigenvalue weighted by Gasteiger charge is -2.29. The Morgan fingerprint density at radius 1 is 1.11 bits per heavy atom. The smallest absolute Gasteiger partial charge is 0.240 e. The highest BCUT2D eigenvalue weighted by Gasteiger charge is 2.24. The van der Waals surface area contributed by atoms with E-state index >= 15 is 0 Å². The molecule has 0 atom stereocenters. The molecular weight excluding hydrogens is 362 g/mol. The molecule has 0 radical (unpaired) electrons. The zero-order valence-corrected chi connectivity index (χ0v) is 16.9. The van der Waals surface area contributed by atoms with Gasteiger partial charge in [0.15, 0.2) is 0 Å². The lowest BCUT2D eigenvalue weighted by molar-refractivity contribution is -0.113. The van der Waals surface area contributed by atoms with E-state index in [4.69, 9.17) is 0 Å². The van der Waals surface area contributed by atoms with Crippen LogP contribution in [0.4, 0.5) is 11.4 Å². The molecule has 1 aliphatic carbocycles. The maximum atomic E-state index is 12.3. The highest BCUT2D eigenvalue weighted by molar-refractivity contribution is 7.90. The molecule has 3 rings (SSSR count). The second kappa shape index (κ2) is 9.06. The van der Waals surface area contributed by atoms with Gasteiger partial charge in [-0.3, -0.25) is 4.79 Å². The van der Waals surface area contributed by atoms with Crippen molar-refractivity contribution in [2.24, 2.45) is 5.92 Å². The van der Waals surface area contributed by atoms with Crippen LogP contribution in [0.3, 0.4) is 0 Å². The summed E-state index contributed by atoms with van der Waals surface area (Å²) in [6.07, 6.45) is 7.38. The largest absolute Gasteiger partial charge is 0.371 e. The van der Waals surface area contributed by atoms with Crippen molar-refractivity contribution < 1.29 is 13.2 Å². The molecule has 27 heavy (non-hydrogen) atoms. The molecule has 0 bridgehead atoms. The molecular formula is C20H31N3O3S. The summed E-state index contributed by atoms with van der Waals surface area (Å²) in [6, 6.07) is 7.61. The first-order chi connectivity index (χ1) is 12.9. The summed E-state index contributed by atoms with van der Waals surface area (Å²) in [5.41, 5.74) is 1.72. The molecule has 2 aliphatic rings. The molecule has 1 saturated heterocycles. The Labute approximate surface area is 162 Å². The van der Waals surface area contributed by atoms with Crippen LogP contribution >= 0.6 is 0 Å². The van der Waals surface area contributed by atoms with Gasteiger partial charge in [-0.1, -0.05) is 13.0 Å². The van der Waals surface area contributed by atoms with Gasteiger partial charge in [-0.05, 0) is 69.1 Å². The summed E-state index contributed by atoms with van der Waals surface area (Å²) in [6.45, 7) is 4.24. The molecule has 1 amide bonds. The number of carbonyl (C=O) groups is 1. The zero-order chi connectivity index (χ0) is 19.3. The maximum Gasteiger partial charge on any atom is 0.240 e. The second-order valence-corrected chi connectivity index (χ2v) is 9.73. The van der Waals surface area contributed by atoms with E-state index in [1.54, 1.807) is 6.07 Å². The van der Waals surface area contributed by atoms with Crippen LogP contribution < -0.4 is 14.9 Å². The summed E-state index contributed by atoms with van der Waals surface area (Å²) in [5.74, 6) is -0.379. The number of carbonyl (C=O) groups excluding carboxylic acids is 1. The minimum Gasteiger partial charge on any atom is -0.371 e. The SMILES string of the molecule is CC1CCC(NS(=O)(=O)CC(=O)Nc2cccc(N3CCCCC3)c2)CC1. The quantitative estimate of drug-likeness (QED) is 0.778. The predicted molar refractivity (Wildman–Crippen MR) is 109 cm³/mol. The predicted octanol–water partition coefficient (Wildman–Crippen LogP) is 3.11. The van der Waals surface area contributed by atoms with Gasteiger partial charge in [0.25, 0.3) is 0 Å². The molecule has 1 heterocycles. The summed E-state index contributed by atoms with van der Waals surface area (Å²) in [5, 5.41) is 2.74. The van der Waals surface area contributed by atoms with Gasteiger partial charge in [0, 0.05) is 30.5 Å². The van der Waals surface area contributed by atoms with Gasteiger partial charge in [-0.25, -0.2) is 13.1 Å². The second-order valence-electron chi connectivity index (χ2n) is 7.98. The Balaban J connectivity index is 1.53. The molecule has 2 N–H and O–H groups in total. The number of anilines is 2. The minimum atomic E-state index is -3.62. The van der Waals surface area contributed by atoms with Crippen molar-refractivity contribution >= 4 is 27.3 Å². The summed E-state index contributed by atoms with van der Waals surface area (Å²) in [4.78, 5) is 14.6. The highest BCUT2D eigenvalue weighted by Crippen LogP contribution is 2.24. The van der Waals surface area contributed by atoms with Crippen LogP contribution in [-0.4, -0.2) is 39.2 Å². The van der Waals surface area contributed by atoms with E-state index in [1.807, 2.05) is 18.2 Å². The van der Waals surface area contributed by atoms with Crippen LogP contribution in [0.15, 0.2) is 24.3 Å². The van der Waals surface area contributed by atoms with Gasteiger partial charge in [0.05, 0.1) is 0 Å². The Kier molecular flexibility index (Phi) is 6.76. The maximum absolute atomic E-state index is 12.3. The van der Waals surface area contributed by atoms with E-state index in [0.717, 1.165) is 44.5 Å². The van der Waals surface area contributed by atoms with Gasteiger partial charge >= 0.3 is 0 Å². The normalized spacial score (nSPS) is 23.8. The van der Waals surface area contributed by atoms with Crippen LogP contribution in [0.2, 0.25) is 0 Å². The van der Waals surface area contributed by atoms with Crippen molar-refractivity contribution in [1.29, 1.82) is 0 Å². The van der Waals surface area contributed by atoms with Crippen molar-refractivity contribution in [1.82, 2.24) is 4.72 Å². The number of benzene rings is 1. The van der Waals surface area contributed by atoms with E-state index in [1.165, 1.54) is 19.3 Å². The molecule has 1 aromatic rings. The number of nitrogens with zero attached hydrogens (tertiary/aromatic N) is 1. The summed E-state index contributed by atoms with van der Waals surface area (Å²) >= 11 is 0. The summed E-state index contributed by atoms with van der Waals surface area (Å²) < 4.78 is 27.3. The van der Waals surface area contributed by atoms with Crippen LogP contribution in [0, 0.1) is 5.92 Å². The zero-order valence-electron chi connectivity index (χ0n) is 16.1. The van der Waals surface area contributed by atoms with Crippen molar-refractivity contribution in [3.63, 3.8) is 0 Å². The van der Waals surface area contributed by atoms with E-state index in [9.17, 15) is 13.2 Å². The third-order valence-electron chi connectivity index (χ3n) is 5.53. The van der Waals surface area contributed by atoms with Crippen LogP contribution in [-0.2, 0) is 14.8 Å². The molecule has 7 heteroatoms. The fourth-order valence-corrected chi connectivity index (χ4v) is 5.22. The average Bonchev–Trinajstić information content (AvgIpc) is 2.64. The number of hydrogen-bond donors (Lipinski definition) is 2. The van der Waals surface area contributed by atoms with Gasteiger partial charge in [-0.15, -0.1) is 0 Å². The van der Waals surface area contributed by atoms with Crippen molar-refractivity contribution in [3.05, 3.63) is 24.3 Å². The van der Waals surface area contributed by atoms with E-state index in [0.29, 0.717) is 11.6 Å². The number of hydrogen-bond acceptors (Lipinski definition) is 4. The fourth-order valence-electron chi connectivity index (χ4n) is 3.98. The monoisotopic (exact) mass is 393 g/mol. The number of sulfonamides is 1. The molecule has 0 spiro atoms. The van der Waals surface area contributed by atoms with Gasteiger partial charge in [-0.2, -0.15) is 0 Å². The van der Waals surface area contributed by atoms with Crippen LogP contribution in [0.5, 0.6) is 0 Å². The van der Waals surface area contributed by atoms with Crippen molar-refractivity contribution in [2.45, 2.75) is 57.9 Å².